The first-order chi connectivity index (χ1) is 5.93. The monoisotopic (exact) mass is 161 g/mol. The Balaban J connectivity index is 0.000000127. The van der Waals surface area contributed by atoms with E-state index in [1.807, 2.05) is 24.5 Å². The molecular formula is C11H15N. The second-order valence-corrected chi connectivity index (χ2v) is 2.70. The van der Waals surface area contributed by atoms with Crippen LogP contribution in [0.2, 0.25) is 0 Å². The maximum Gasteiger partial charge on any atom is 0.000496 e. The van der Waals surface area contributed by atoms with Gasteiger partial charge in [-0.25, -0.2) is 0 Å². The predicted molar refractivity (Wildman–Crippen MR) is 52.9 cm³/mol. The Morgan fingerprint density at radius 1 is 1.33 bits per heavy atom. The molecule has 0 spiro atoms. The van der Waals surface area contributed by atoms with Crippen LogP contribution in [0.1, 0.15) is 19.8 Å². The van der Waals surface area contributed by atoms with Crippen LogP contribution in [0.4, 0.5) is 0 Å². The van der Waals surface area contributed by atoms with Crippen molar-refractivity contribution in [3.63, 3.8) is 0 Å². The largest absolute Gasteiger partial charge is 0.368 e. The van der Waals surface area contributed by atoms with Gasteiger partial charge in [0.25, 0.3) is 0 Å². The Hall–Kier alpha value is -1.24. The van der Waals surface area contributed by atoms with Crippen LogP contribution in [0.25, 0.3) is 0 Å². The summed E-state index contributed by atoms with van der Waals surface area (Å²) in [5.41, 5.74) is 1.56. The van der Waals surface area contributed by atoms with Gasteiger partial charge < -0.3 is 4.98 Å². The first kappa shape index (κ1) is 8.85. The molecule has 1 heteroatoms. The fourth-order valence-electron chi connectivity index (χ4n) is 1.03. The number of H-pyrrole nitrogens is 1. The smallest absolute Gasteiger partial charge is 0.000496 e. The zero-order chi connectivity index (χ0) is 8.65. The van der Waals surface area contributed by atoms with E-state index in [4.69, 9.17) is 0 Å². The molecule has 0 bridgehead atoms. The quantitative estimate of drug-likeness (QED) is 0.650. The van der Waals surface area contributed by atoms with Crippen molar-refractivity contribution in [2.75, 3.05) is 0 Å². The molecule has 0 saturated heterocycles. The van der Waals surface area contributed by atoms with E-state index < -0.39 is 0 Å². The van der Waals surface area contributed by atoms with Crippen molar-refractivity contribution in [2.45, 2.75) is 19.8 Å². The topological polar surface area (TPSA) is 15.8 Å². The molecular weight excluding hydrogens is 146 g/mol. The Labute approximate surface area is 73.8 Å². The van der Waals surface area contributed by atoms with Gasteiger partial charge in [-0.3, -0.25) is 0 Å². The summed E-state index contributed by atoms with van der Waals surface area (Å²) in [6.07, 6.45) is 12.7. The molecule has 0 aromatic carbocycles. The summed E-state index contributed by atoms with van der Waals surface area (Å²) in [4.78, 5) is 2.86. The lowest BCUT2D eigenvalue weighted by Gasteiger charge is -1.88. The van der Waals surface area contributed by atoms with Crippen LogP contribution >= 0.6 is 0 Å². The maximum atomic E-state index is 2.86. The fraction of sp³-hybridized carbons (Fsp3) is 0.273. The van der Waals surface area contributed by atoms with E-state index in [2.05, 4.69) is 30.1 Å². The molecule has 1 aliphatic carbocycles. The van der Waals surface area contributed by atoms with Gasteiger partial charge in [-0.15, -0.1) is 0 Å². The van der Waals surface area contributed by atoms with E-state index in [9.17, 15) is 0 Å². The molecule has 2 rings (SSSR count). The lowest BCUT2D eigenvalue weighted by Crippen LogP contribution is -1.68. The summed E-state index contributed by atoms with van der Waals surface area (Å²) >= 11 is 0. The van der Waals surface area contributed by atoms with Crippen LogP contribution in [0.15, 0.2) is 48.3 Å². The number of aromatic nitrogens is 1. The maximum absolute atomic E-state index is 2.86. The van der Waals surface area contributed by atoms with Gasteiger partial charge >= 0.3 is 0 Å². The zero-order valence-electron chi connectivity index (χ0n) is 7.46. The van der Waals surface area contributed by atoms with Crippen molar-refractivity contribution in [3.05, 3.63) is 48.3 Å². The highest BCUT2D eigenvalue weighted by atomic mass is 14.6. The average molecular weight is 161 g/mol. The van der Waals surface area contributed by atoms with Crippen molar-refractivity contribution >= 4 is 0 Å². The first-order valence-electron chi connectivity index (χ1n) is 4.36. The van der Waals surface area contributed by atoms with Crippen LogP contribution in [0, 0.1) is 0 Å². The van der Waals surface area contributed by atoms with E-state index >= 15 is 0 Å². The molecule has 12 heavy (non-hydrogen) atoms. The number of hydrogen-bond acceptors (Lipinski definition) is 0. The number of rotatable bonds is 1. The van der Waals surface area contributed by atoms with Crippen LogP contribution in [0.5, 0.6) is 0 Å². The Bertz CT molecular complexity index is 225. The molecule has 1 nitrogen and oxygen atoms in total. The second-order valence-electron chi connectivity index (χ2n) is 2.70. The van der Waals surface area contributed by atoms with Crippen molar-refractivity contribution in [1.29, 1.82) is 0 Å². The molecule has 1 aliphatic rings. The minimum Gasteiger partial charge on any atom is -0.368 e. The van der Waals surface area contributed by atoms with Gasteiger partial charge in [-0.1, -0.05) is 30.7 Å². The van der Waals surface area contributed by atoms with Crippen molar-refractivity contribution in [3.8, 4) is 0 Å². The number of aromatic amines is 1. The lowest BCUT2D eigenvalue weighted by atomic mass is 10.2. The molecule has 0 unspecified atom stereocenters. The lowest BCUT2D eigenvalue weighted by molar-refractivity contribution is 1.05. The number of allylic oxidation sites excluding steroid dienone is 4. The molecule has 1 aromatic rings. The van der Waals surface area contributed by atoms with E-state index in [0.29, 0.717) is 0 Å². The molecule has 1 aromatic heterocycles. The Morgan fingerprint density at radius 2 is 2.08 bits per heavy atom. The van der Waals surface area contributed by atoms with Gasteiger partial charge in [-0.2, -0.15) is 0 Å². The van der Waals surface area contributed by atoms with Crippen LogP contribution in [-0.4, -0.2) is 4.98 Å². The van der Waals surface area contributed by atoms with Gasteiger partial charge in [0.1, 0.15) is 0 Å². The Morgan fingerprint density at radius 3 is 2.33 bits per heavy atom. The predicted octanol–water partition coefficient (Wildman–Crippen LogP) is 3.30. The van der Waals surface area contributed by atoms with Crippen LogP contribution in [-0.2, 0) is 0 Å². The third kappa shape index (κ3) is 3.24. The average Bonchev–Trinajstić information content (AvgIpc) is 2.81. The minimum absolute atomic E-state index is 1.19. The number of hydrogen-bond donors (Lipinski definition) is 1. The normalized spacial score (nSPS) is 13.6. The summed E-state index contributed by atoms with van der Waals surface area (Å²) in [7, 11) is 0. The third-order valence-corrected chi connectivity index (χ3v) is 1.80. The molecule has 64 valence electrons. The van der Waals surface area contributed by atoms with Crippen molar-refractivity contribution < 1.29 is 0 Å². The second kappa shape index (κ2) is 5.42. The molecule has 0 radical (unpaired) electrons. The third-order valence-electron chi connectivity index (χ3n) is 1.80. The van der Waals surface area contributed by atoms with Crippen molar-refractivity contribution in [2.24, 2.45) is 0 Å². The summed E-state index contributed by atoms with van der Waals surface area (Å²) in [6.45, 7) is 2.19. The van der Waals surface area contributed by atoms with Crippen LogP contribution in [0.3, 0.4) is 0 Å². The van der Waals surface area contributed by atoms with Gasteiger partial charge in [-0.05, 0) is 25.0 Å². The molecule has 0 atom stereocenters. The minimum atomic E-state index is 1.19. The fourth-order valence-corrected chi connectivity index (χ4v) is 1.03. The molecule has 1 N–H and O–H groups in total. The van der Waals surface area contributed by atoms with Gasteiger partial charge in [0.15, 0.2) is 0 Å². The molecule has 0 amide bonds. The van der Waals surface area contributed by atoms with Gasteiger partial charge in [0, 0.05) is 12.4 Å². The number of nitrogens with one attached hydrogen (secondary N) is 1. The highest BCUT2D eigenvalue weighted by Crippen LogP contribution is 2.12. The van der Waals surface area contributed by atoms with E-state index in [1.165, 1.54) is 12.8 Å². The zero-order valence-corrected chi connectivity index (χ0v) is 7.46. The highest BCUT2D eigenvalue weighted by Gasteiger charge is 1.91. The van der Waals surface area contributed by atoms with Crippen molar-refractivity contribution in [1.82, 2.24) is 4.98 Å². The van der Waals surface area contributed by atoms with E-state index in [-0.39, 0.29) is 0 Å². The SMILES string of the molecule is CCC1=CC=CC1.c1cc[nH]c1. The summed E-state index contributed by atoms with van der Waals surface area (Å²) in [6, 6.07) is 3.89. The molecule has 0 fully saturated rings. The van der Waals surface area contributed by atoms with E-state index in [0.717, 1.165) is 0 Å². The molecule has 0 saturated carbocycles. The van der Waals surface area contributed by atoms with E-state index in [1.54, 1.807) is 5.57 Å². The summed E-state index contributed by atoms with van der Waals surface area (Å²) in [5, 5.41) is 0. The summed E-state index contributed by atoms with van der Waals surface area (Å²) in [5.74, 6) is 0. The summed E-state index contributed by atoms with van der Waals surface area (Å²) < 4.78 is 0. The van der Waals surface area contributed by atoms with Gasteiger partial charge in [0.05, 0.1) is 0 Å². The molecule has 1 heterocycles. The standard InChI is InChI=1S/C7H10.C4H5N/c1-2-7-5-3-4-6-7;1-2-4-5-3-1/h3-5H,2,6H2,1H3;1-5H. The first-order valence-corrected chi connectivity index (χ1v) is 4.36. The molecule has 0 aliphatic heterocycles. The Kier molecular flexibility index (Phi) is 4.00. The van der Waals surface area contributed by atoms with Gasteiger partial charge in [0.2, 0.25) is 0 Å². The van der Waals surface area contributed by atoms with Crippen LogP contribution < -0.4 is 0 Å². The highest BCUT2D eigenvalue weighted by molar-refractivity contribution is 5.22.